The summed E-state index contributed by atoms with van der Waals surface area (Å²) in [4.78, 5) is 57.0. The Hall–Kier alpha value is -5.22. The van der Waals surface area contributed by atoms with Crippen molar-refractivity contribution in [1.29, 1.82) is 0 Å². The highest BCUT2D eigenvalue weighted by molar-refractivity contribution is 6.00. The van der Waals surface area contributed by atoms with Crippen molar-refractivity contribution in [3.8, 4) is 5.75 Å². The number of hydrogen-bond donors (Lipinski definition) is 2. The molecule has 1 heterocycles. The number of ether oxygens (including phenoxy) is 1. The number of rotatable bonds is 13. The van der Waals surface area contributed by atoms with Gasteiger partial charge in [-0.3, -0.25) is 19.2 Å². The van der Waals surface area contributed by atoms with E-state index in [1.807, 2.05) is 98.7 Å². The third-order valence-corrected chi connectivity index (χ3v) is 8.31. The van der Waals surface area contributed by atoms with E-state index in [-0.39, 0.29) is 49.9 Å². The Morgan fingerprint density at radius 2 is 1.68 bits per heavy atom. The number of carbonyl (C=O) groups is 4. The first-order valence-corrected chi connectivity index (χ1v) is 15.7. The summed E-state index contributed by atoms with van der Waals surface area (Å²) in [5.41, 5.74) is 9.30. The lowest BCUT2D eigenvalue weighted by Crippen LogP contribution is -2.45. The normalized spacial score (nSPS) is 14.2. The second-order valence-corrected chi connectivity index (χ2v) is 12.2. The Bertz CT molecular complexity index is 1770. The third kappa shape index (κ3) is 8.53. The molecule has 10 heteroatoms. The van der Waals surface area contributed by atoms with Crippen LogP contribution in [0.5, 0.6) is 5.75 Å². The van der Waals surface area contributed by atoms with Crippen molar-refractivity contribution in [2.75, 3.05) is 52.2 Å². The summed E-state index contributed by atoms with van der Waals surface area (Å²) in [6.45, 7) is 2.71. The quantitative estimate of drug-likeness (QED) is 0.227. The molecule has 244 valence electrons. The lowest BCUT2D eigenvalue weighted by molar-refractivity contribution is -0.135. The Morgan fingerprint density at radius 1 is 0.936 bits per heavy atom. The van der Waals surface area contributed by atoms with Gasteiger partial charge >= 0.3 is 0 Å². The van der Waals surface area contributed by atoms with Crippen molar-refractivity contribution in [3.63, 3.8) is 0 Å². The summed E-state index contributed by atoms with van der Waals surface area (Å²) >= 11 is 0. The highest BCUT2D eigenvalue weighted by Gasteiger charge is 2.34. The maximum absolute atomic E-state index is 14.1. The summed E-state index contributed by atoms with van der Waals surface area (Å²) in [6, 6.07) is 26.6. The van der Waals surface area contributed by atoms with Crippen LogP contribution in [0, 0.1) is 6.92 Å². The van der Waals surface area contributed by atoms with Crippen LogP contribution in [-0.4, -0.2) is 85.2 Å². The zero-order chi connectivity index (χ0) is 33.5. The van der Waals surface area contributed by atoms with E-state index in [1.54, 1.807) is 17.0 Å². The van der Waals surface area contributed by atoms with Crippen molar-refractivity contribution < 1.29 is 23.9 Å². The van der Waals surface area contributed by atoms with Gasteiger partial charge in [0.15, 0.2) is 6.61 Å². The molecule has 1 aliphatic rings. The smallest absolute Gasteiger partial charge is 0.262 e. The van der Waals surface area contributed by atoms with E-state index in [2.05, 4.69) is 5.32 Å². The molecule has 1 unspecified atom stereocenters. The van der Waals surface area contributed by atoms with Gasteiger partial charge in [-0.1, -0.05) is 66.2 Å². The number of nitrogens with zero attached hydrogens (tertiary/aromatic N) is 3. The van der Waals surface area contributed by atoms with Gasteiger partial charge in [-0.2, -0.15) is 0 Å². The molecule has 0 saturated carbocycles. The predicted molar refractivity (Wildman–Crippen MR) is 182 cm³/mol. The number of nitrogens with two attached hydrogens (primary N) is 1. The van der Waals surface area contributed by atoms with Gasteiger partial charge in [0.25, 0.3) is 11.8 Å². The van der Waals surface area contributed by atoms with E-state index >= 15 is 0 Å². The number of fused-ring (bicyclic) bond motifs is 2. The third-order valence-electron chi connectivity index (χ3n) is 8.31. The lowest BCUT2D eigenvalue weighted by Gasteiger charge is -2.37. The summed E-state index contributed by atoms with van der Waals surface area (Å²) in [6.07, 6.45) is 0.579. The van der Waals surface area contributed by atoms with Crippen LogP contribution in [-0.2, 0) is 20.8 Å². The number of hydrogen-bond acceptors (Lipinski definition) is 6. The fourth-order valence-corrected chi connectivity index (χ4v) is 5.77. The molecular weight excluding hydrogens is 594 g/mol. The van der Waals surface area contributed by atoms with Gasteiger partial charge in [-0.15, -0.1) is 0 Å². The van der Waals surface area contributed by atoms with E-state index in [0.717, 1.165) is 27.5 Å². The van der Waals surface area contributed by atoms with Crippen molar-refractivity contribution in [3.05, 3.63) is 107 Å². The summed E-state index contributed by atoms with van der Waals surface area (Å²) in [5, 5.41) is 4.95. The van der Waals surface area contributed by atoms with Crippen molar-refractivity contribution in [2.45, 2.75) is 25.8 Å². The molecule has 0 fully saturated rings. The maximum atomic E-state index is 14.1. The molecule has 4 aromatic carbocycles. The van der Waals surface area contributed by atoms with E-state index in [0.29, 0.717) is 36.5 Å². The lowest BCUT2D eigenvalue weighted by atomic mass is 9.88. The van der Waals surface area contributed by atoms with Crippen LogP contribution in [0.3, 0.4) is 0 Å². The Kier molecular flexibility index (Phi) is 10.5. The summed E-state index contributed by atoms with van der Waals surface area (Å²) < 4.78 is 5.74. The molecule has 1 aliphatic heterocycles. The molecule has 0 bridgehead atoms. The van der Waals surface area contributed by atoms with Gasteiger partial charge < -0.3 is 30.5 Å². The van der Waals surface area contributed by atoms with Gasteiger partial charge in [0, 0.05) is 37.3 Å². The van der Waals surface area contributed by atoms with Crippen molar-refractivity contribution in [1.82, 2.24) is 14.7 Å². The number of benzene rings is 4. The van der Waals surface area contributed by atoms with Crippen molar-refractivity contribution in [2.24, 2.45) is 5.73 Å². The van der Waals surface area contributed by atoms with Gasteiger partial charge in [0.2, 0.25) is 11.8 Å². The zero-order valence-corrected chi connectivity index (χ0v) is 27.1. The molecule has 4 amide bonds. The molecule has 5 rings (SSSR count). The van der Waals surface area contributed by atoms with Gasteiger partial charge in [0.05, 0.1) is 12.6 Å². The fraction of sp³-hybridized carbons (Fsp3) is 0.297. The van der Waals surface area contributed by atoms with E-state index < -0.39 is 5.91 Å². The first-order valence-electron chi connectivity index (χ1n) is 15.7. The second kappa shape index (κ2) is 14.9. The second-order valence-electron chi connectivity index (χ2n) is 12.2. The number of likely N-dealkylation sites (N-methyl/N-ethyl adjacent to an activating group) is 1. The molecule has 3 N–H and O–H groups in total. The van der Waals surface area contributed by atoms with E-state index in [9.17, 15) is 19.2 Å². The Morgan fingerprint density at radius 3 is 2.40 bits per heavy atom. The maximum Gasteiger partial charge on any atom is 0.262 e. The van der Waals surface area contributed by atoms with Crippen LogP contribution in [0.1, 0.15) is 39.5 Å². The van der Waals surface area contributed by atoms with Crippen LogP contribution < -0.4 is 15.8 Å². The minimum absolute atomic E-state index is 0.0344. The molecule has 4 aromatic rings. The monoisotopic (exact) mass is 635 g/mol. The standard InChI is InChI=1S/C37H41N5O5/c1-25-8-10-27(11-9-25)33-21-29-12-14-30(39-35(44)24-47-31-15-13-26-6-4-5-7-28(26)20-31)22-32(29)37(46)42(33)17-16-36(45)41(23-34(38)43)19-18-40(2)3/h4-15,20,22,33H,16-19,21,23-24H2,1-3H3,(H2,38,43)(H,39,44). The summed E-state index contributed by atoms with van der Waals surface area (Å²) in [7, 11) is 3.77. The predicted octanol–water partition coefficient (Wildman–Crippen LogP) is 4.17. The molecule has 0 spiro atoms. The first-order chi connectivity index (χ1) is 22.6. The van der Waals surface area contributed by atoms with Crippen LogP contribution in [0.2, 0.25) is 0 Å². The average molecular weight is 636 g/mol. The number of anilines is 1. The van der Waals surface area contributed by atoms with Crippen molar-refractivity contribution >= 4 is 40.1 Å². The zero-order valence-electron chi connectivity index (χ0n) is 27.1. The van der Waals surface area contributed by atoms with Gasteiger partial charge in [-0.25, -0.2) is 0 Å². The Labute approximate surface area is 275 Å². The average Bonchev–Trinajstić information content (AvgIpc) is 3.05. The fourth-order valence-electron chi connectivity index (χ4n) is 5.77. The Balaban J connectivity index is 1.31. The van der Waals surface area contributed by atoms with E-state index in [1.165, 1.54) is 4.90 Å². The van der Waals surface area contributed by atoms with Gasteiger partial charge in [-0.05, 0) is 73.6 Å². The largest absolute Gasteiger partial charge is 0.484 e. The number of nitrogens with one attached hydrogen (secondary N) is 1. The van der Waals surface area contributed by atoms with Crippen LogP contribution in [0.15, 0.2) is 84.9 Å². The molecule has 1 atom stereocenters. The first kappa shape index (κ1) is 33.2. The molecule has 47 heavy (non-hydrogen) atoms. The van der Waals surface area contributed by atoms with Gasteiger partial charge in [0.1, 0.15) is 5.75 Å². The highest BCUT2D eigenvalue weighted by atomic mass is 16.5. The number of carbonyl (C=O) groups excluding carboxylic acids is 4. The van der Waals surface area contributed by atoms with Crippen LogP contribution in [0.4, 0.5) is 5.69 Å². The SMILES string of the molecule is Cc1ccc(C2Cc3ccc(NC(=O)COc4ccc5ccccc5c4)cc3C(=O)N2CCC(=O)N(CCN(C)C)CC(N)=O)cc1. The topological polar surface area (TPSA) is 125 Å². The molecule has 0 aliphatic carbocycles. The summed E-state index contributed by atoms with van der Waals surface area (Å²) in [5.74, 6) is -0.839. The minimum atomic E-state index is -0.588. The number of primary amides is 1. The minimum Gasteiger partial charge on any atom is -0.484 e. The number of aryl methyl sites for hydroxylation is 1. The number of amides is 4. The molecule has 0 saturated heterocycles. The van der Waals surface area contributed by atoms with Crippen LogP contribution >= 0.6 is 0 Å². The molecule has 0 radical (unpaired) electrons. The molecular formula is C37H41N5O5. The van der Waals surface area contributed by atoms with Crippen LogP contribution in [0.25, 0.3) is 10.8 Å². The molecule has 10 nitrogen and oxygen atoms in total. The van der Waals surface area contributed by atoms with E-state index in [4.69, 9.17) is 10.5 Å². The highest BCUT2D eigenvalue weighted by Crippen LogP contribution is 2.35. The molecule has 0 aromatic heterocycles.